The quantitative estimate of drug-likeness (QED) is 0.914. The molecule has 100 valence electrons. The Morgan fingerprint density at radius 2 is 1.95 bits per heavy atom. The number of carboxylic acid groups (broad SMARTS) is 1. The minimum atomic E-state index is -1.26. The van der Waals surface area contributed by atoms with E-state index in [0.29, 0.717) is 5.75 Å². The minimum Gasteiger partial charge on any atom is -0.496 e. The van der Waals surface area contributed by atoms with E-state index in [9.17, 15) is 9.18 Å². The van der Waals surface area contributed by atoms with Crippen molar-refractivity contribution in [1.82, 2.24) is 5.16 Å². The molecule has 0 unspecified atom stereocenters. The van der Waals surface area contributed by atoms with Crippen LogP contribution in [0.2, 0.25) is 0 Å². The fourth-order valence-electron chi connectivity index (χ4n) is 1.56. The summed E-state index contributed by atoms with van der Waals surface area (Å²) in [5.41, 5.74) is 0.438. The third-order valence-corrected chi connectivity index (χ3v) is 2.47. The fraction of sp³-hybridized carbons (Fsp3) is 0.167. The molecule has 2 aromatic rings. The minimum absolute atomic E-state index is 0.0163. The first-order valence-corrected chi connectivity index (χ1v) is 5.18. The Hall–Kier alpha value is -2.57. The van der Waals surface area contributed by atoms with Gasteiger partial charge in [0.15, 0.2) is 11.6 Å². The third-order valence-electron chi connectivity index (χ3n) is 2.47. The van der Waals surface area contributed by atoms with Gasteiger partial charge in [-0.1, -0.05) is 5.16 Å². The van der Waals surface area contributed by atoms with Gasteiger partial charge in [0.2, 0.25) is 5.76 Å². The smallest absolute Gasteiger partial charge is 0.374 e. The van der Waals surface area contributed by atoms with E-state index in [4.69, 9.17) is 14.6 Å². The normalized spacial score (nSPS) is 10.3. The van der Waals surface area contributed by atoms with Gasteiger partial charge in [0.05, 0.1) is 14.2 Å². The Bertz CT molecular complexity index is 623. The Labute approximate surface area is 107 Å². The molecule has 0 aliphatic rings. The average molecular weight is 267 g/mol. The number of ether oxygens (including phenoxy) is 2. The highest BCUT2D eigenvalue weighted by Gasteiger charge is 2.18. The van der Waals surface area contributed by atoms with Crippen molar-refractivity contribution >= 4 is 5.97 Å². The van der Waals surface area contributed by atoms with Crippen molar-refractivity contribution in [2.75, 3.05) is 14.2 Å². The molecule has 0 radical (unpaired) electrons. The van der Waals surface area contributed by atoms with Crippen molar-refractivity contribution in [3.05, 3.63) is 29.8 Å². The zero-order chi connectivity index (χ0) is 14.0. The molecule has 7 heteroatoms. The number of rotatable bonds is 4. The summed E-state index contributed by atoms with van der Waals surface area (Å²) in [7, 11) is 2.73. The molecule has 0 aliphatic carbocycles. The highest BCUT2D eigenvalue weighted by Crippen LogP contribution is 2.34. The van der Waals surface area contributed by atoms with Gasteiger partial charge < -0.3 is 19.1 Å². The molecule has 0 saturated carbocycles. The lowest BCUT2D eigenvalue weighted by Crippen LogP contribution is -1.94. The number of halogens is 1. The number of benzene rings is 1. The van der Waals surface area contributed by atoms with Crippen molar-refractivity contribution in [3.8, 4) is 22.8 Å². The van der Waals surface area contributed by atoms with Gasteiger partial charge in [-0.3, -0.25) is 0 Å². The Kier molecular flexibility index (Phi) is 3.37. The predicted molar refractivity (Wildman–Crippen MR) is 62.0 cm³/mol. The lowest BCUT2D eigenvalue weighted by Gasteiger charge is -2.09. The molecule has 1 heterocycles. The SMILES string of the molecule is COc1cc(OC)c(-c2cc(C(=O)O)on2)cc1F. The Morgan fingerprint density at radius 3 is 2.47 bits per heavy atom. The summed E-state index contributed by atoms with van der Waals surface area (Å²) in [6, 6.07) is 3.67. The van der Waals surface area contributed by atoms with Gasteiger partial charge in [0.1, 0.15) is 11.4 Å². The second-order valence-electron chi connectivity index (χ2n) is 3.57. The Balaban J connectivity index is 2.53. The van der Waals surface area contributed by atoms with Crippen molar-refractivity contribution in [1.29, 1.82) is 0 Å². The second kappa shape index (κ2) is 4.97. The maximum Gasteiger partial charge on any atom is 0.374 e. The van der Waals surface area contributed by atoms with Crippen LogP contribution in [0.1, 0.15) is 10.6 Å². The summed E-state index contributed by atoms with van der Waals surface area (Å²) in [6.07, 6.45) is 0. The van der Waals surface area contributed by atoms with E-state index in [0.717, 1.165) is 6.07 Å². The van der Waals surface area contributed by atoms with E-state index in [2.05, 4.69) is 9.68 Å². The maximum absolute atomic E-state index is 13.7. The molecule has 1 aromatic heterocycles. The van der Waals surface area contributed by atoms with Gasteiger partial charge in [-0.25, -0.2) is 9.18 Å². The molecule has 6 nitrogen and oxygen atoms in total. The molecule has 0 amide bonds. The second-order valence-corrected chi connectivity index (χ2v) is 3.57. The number of aromatic nitrogens is 1. The number of hydrogen-bond donors (Lipinski definition) is 1. The summed E-state index contributed by atoms with van der Waals surface area (Å²) in [4.78, 5) is 10.7. The summed E-state index contributed by atoms with van der Waals surface area (Å²) in [5.74, 6) is -1.90. The Morgan fingerprint density at radius 1 is 1.26 bits per heavy atom. The fourth-order valence-corrected chi connectivity index (χ4v) is 1.56. The van der Waals surface area contributed by atoms with Crippen molar-refractivity contribution in [2.45, 2.75) is 0 Å². The summed E-state index contributed by atoms with van der Waals surface area (Å²) < 4.78 is 28.2. The van der Waals surface area contributed by atoms with Gasteiger partial charge >= 0.3 is 5.97 Å². The van der Waals surface area contributed by atoms with E-state index >= 15 is 0 Å². The standard InChI is InChI=1S/C12H10FNO5/c1-17-9-5-10(18-2)7(13)3-6(9)8-4-11(12(15)16)19-14-8/h3-5H,1-2H3,(H,15,16). The van der Waals surface area contributed by atoms with Crippen LogP contribution >= 0.6 is 0 Å². The zero-order valence-electron chi connectivity index (χ0n) is 10.1. The van der Waals surface area contributed by atoms with Crippen LogP contribution in [0, 0.1) is 5.82 Å². The predicted octanol–water partition coefficient (Wildman–Crippen LogP) is 2.20. The summed E-state index contributed by atoms with van der Waals surface area (Å²) >= 11 is 0. The van der Waals surface area contributed by atoms with Crippen molar-refractivity contribution in [2.24, 2.45) is 0 Å². The van der Waals surface area contributed by atoms with Crippen molar-refractivity contribution < 1.29 is 28.3 Å². The summed E-state index contributed by atoms with van der Waals surface area (Å²) in [6.45, 7) is 0. The molecule has 1 N–H and O–H groups in total. The van der Waals surface area contributed by atoms with Crippen LogP contribution in [-0.2, 0) is 0 Å². The van der Waals surface area contributed by atoms with Gasteiger partial charge in [0.25, 0.3) is 0 Å². The molecule has 1 aromatic carbocycles. The molecule has 0 spiro atoms. The number of carbonyl (C=O) groups is 1. The third kappa shape index (κ3) is 2.35. The van der Waals surface area contributed by atoms with Gasteiger partial charge in [-0.2, -0.15) is 0 Å². The first kappa shape index (κ1) is 12.9. The largest absolute Gasteiger partial charge is 0.496 e. The topological polar surface area (TPSA) is 81.8 Å². The molecule has 0 fully saturated rings. The van der Waals surface area contributed by atoms with E-state index < -0.39 is 11.8 Å². The number of hydrogen-bond acceptors (Lipinski definition) is 5. The van der Waals surface area contributed by atoms with Crippen molar-refractivity contribution in [3.63, 3.8) is 0 Å². The molecule has 0 atom stereocenters. The first-order chi connectivity index (χ1) is 9.06. The number of aromatic carboxylic acids is 1. The number of nitrogens with zero attached hydrogens (tertiary/aromatic N) is 1. The highest BCUT2D eigenvalue weighted by atomic mass is 19.1. The average Bonchev–Trinajstić information content (AvgIpc) is 2.88. The van der Waals surface area contributed by atoms with Gasteiger partial charge in [-0.15, -0.1) is 0 Å². The molecular formula is C12H10FNO5. The van der Waals surface area contributed by atoms with Crippen LogP contribution in [-0.4, -0.2) is 30.5 Å². The van der Waals surface area contributed by atoms with Crippen LogP contribution in [0.3, 0.4) is 0 Å². The number of carboxylic acids is 1. The number of methoxy groups -OCH3 is 2. The summed E-state index contributed by atoms with van der Waals surface area (Å²) in [5, 5.41) is 12.3. The molecule has 0 saturated heterocycles. The molecular weight excluding hydrogens is 257 g/mol. The first-order valence-electron chi connectivity index (χ1n) is 5.18. The van der Waals surface area contributed by atoms with E-state index in [1.807, 2.05) is 0 Å². The van der Waals surface area contributed by atoms with E-state index in [1.165, 1.54) is 26.4 Å². The van der Waals surface area contributed by atoms with Gasteiger partial charge in [-0.05, 0) is 6.07 Å². The lowest BCUT2D eigenvalue weighted by molar-refractivity contribution is 0.0652. The highest BCUT2D eigenvalue weighted by molar-refractivity contribution is 5.86. The maximum atomic E-state index is 13.7. The zero-order valence-corrected chi connectivity index (χ0v) is 10.1. The van der Waals surface area contributed by atoms with Crippen LogP contribution < -0.4 is 9.47 Å². The molecule has 0 aliphatic heterocycles. The molecule has 19 heavy (non-hydrogen) atoms. The van der Waals surface area contributed by atoms with Crippen LogP contribution in [0.15, 0.2) is 22.7 Å². The van der Waals surface area contributed by atoms with Crippen LogP contribution in [0.5, 0.6) is 11.5 Å². The molecule has 0 bridgehead atoms. The van der Waals surface area contributed by atoms with Crippen LogP contribution in [0.25, 0.3) is 11.3 Å². The monoisotopic (exact) mass is 267 g/mol. The molecule has 2 rings (SSSR count). The van der Waals surface area contributed by atoms with E-state index in [1.54, 1.807) is 0 Å². The lowest BCUT2D eigenvalue weighted by atomic mass is 10.1. The van der Waals surface area contributed by atoms with E-state index in [-0.39, 0.29) is 22.8 Å². The van der Waals surface area contributed by atoms with Gasteiger partial charge in [0, 0.05) is 17.7 Å². The van der Waals surface area contributed by atoms with Crippen LogP contribution in [0.4, 0.5) is 4.39 Å².